The SMILES string of the molecule is CCCCCCCCCCCCCCCCCCCCCCCCCCCCCCCCCCCCCCCCCCCCCCCCCCCCCCCCCCCCCCCCCCCCCCCCCC. The summed E-state index contributed by atoms with van der Waals surface area (Å²) in [6.45, 7) is 4.63. The van der Waals surface area contributed by atoms with Gasteiger partial charge in [-0.2, -0.15) is 0 Å². The van der Waals surface area contributed by atoms with E-state index in [-0.39, 0.29) is 0 Å². The molecule has 0 unspecified atom stereocenters. The Morgan fingerprint density at radius 3 is 0.149 bits per heavy atom. The van der Waals surface area contributed by atoms with Gasteiger partial charge in [0.05, 0.1) is 0 Å². The van der Waals surface area contributed by atoms with Crippen LogP contribution in [0.15, 0.2) is 0 Å². The van der Waals surface area contributed by atoms with Crippen LogP contribution < -0.4 is 0 Å². The Hall–Kier alpha value is 0. The molecule has 0 aromatic rings. The molecular formula is C74H150. The molecule has 0 bridgehead atoms. The van der Waals surface area contributed by atoms with Crippen LogP contribution in [-0.2, 0) is 0 Å². The van der Waals surface area contributed by atoms with E-state index in [2.05, 4.69) is 13.8 Å². The van der Waals surface area contributed by atoms with Gasteiger partial charge >= 0.3 is 0 Å². The minimum atomic E-state index is 1.37. The topological polar surface area (TPSA) is 0 Å². The van der Waals surface area contributed by atoms with Gasteiger partial charge in [0, 0.05) is 0 Å². The molecule has 0 amide bonds. The minimum Gasteiger partial charge on any atom is -0.0654 e. The van der Waals surface area contributed by atoms with E-state index in [1.807, 2.05) is 0 Å². The van der Waals surface area contributed by atoms with Crippen LogP contribution in [-0.4, -0.2) is 0 Å². The average Bonchev–Trinajstić information content (AvgIpc) is 3.41. The predicted molar refractivity (Wildman–Crippen MR) is 344 cm³/mol. The van der Waals surface area contributed by atoms with Gasteiger partial charge in [0.1, 0.15) is 0 Å². The van der Waals surface area contributed by atoms with E-state index in [1.165, 1.54) is 462 Å². The molecule has 0 N–H and O–H groups in total. The number of rotatable bonds is 71. The zero-order valence-corrected chi connectivity index (χ0v) is 52.9. The third kappa shape index (κ3) is 72.0. The molecule has 0 spiro atoms. The molecule has 446 valence electrons. The number of hydrogen-bond donors (Lipinski definition) is 0. The van der Waals surface area contributed by atoms with Crippen molar-refractivity contribution in [3.63, 3.8) is 0 Å². The molecule has 0 rings (SSSR count). The van der Waals surface area contributed by atoms with E-state index >= 15 is 0 Å². The van der Waals surface area contributed by atoms with Crippen molar-refractivity contribution >= 4 is 0 Å². The normalized spacial score (nSPS) is 11.8. The summed E-state index contributed by atoms with van der Waals surface area (Å²) in [4.78, 5) is 0. The first kappa shape index (κ1) is 74.0. The summed E-state index contributed by atoms with van der Waals surface area (Å²) < 4.78 is 0. The lowest BCUT2D eigenvalue weighted by molar-refractivity contribution is 0.506. The van der Waals surface area contributed by atoms with E-state index < -0.39 is 0 Å². The molecule has 0 aliphatic rings. The molecule has 0 saturated heterocycles. The van der Waals surface area contributed by atoms with Gasteiger partial charge in [-0.25, -0.2) is 0 Å². The monoisotopic (exact) mass is 1040 g/mol. The first-order valence-corrected chi connectivity index (χ1v) is 36.9. The molecule has 0 aliphatic heterocycles. The molecule has 0 atom stereocenters. The van der Waals surface area contributed by atoms with Crippen molar-refractivity contribution in [2.24, 2.45) is 0 Å². The number of hydrogen-bond acceptors (Lipinski definition) is 0. The second-order valence-corrected chi connectivity index (χ2v) is 25.7. The molecule has 0 heterocycles. The van der Waals surface area contributed by atoms with Crippen molar-refractivity contribution < 1.29 is 0 Å². The van der Waals surface area contributed by atoms with E-state index in [4.69, 9.17) is 0 Å². The van der Waals surface area contributed by atoms with Crippen molar-refractivity contribution in [2.45, 2.75) is 476 Å². The van der Waals surface area contributed by atoms with Crippen LogP contribution in [0.4, 0.5) is 0 Å². The van der Waals surface area contributed by atoms with Crippen molar-refractivity contribution in [2.75, 3.05) is 0 Å². The highest BCUT2D eigenvalue weighted by molar-refractivity contribution is 4.57. The summed E-state index contributed by atoms with van der Waals surface area (Å²) in [6.07, 6.45) is 107. The van der Waals surface area contributed by atoms with Crippen molar-refractivity contribution in [3.8, 4) is 0 Å². The summed E-state index contributed by atoms with van der Waals surface area (Å²) in [7, 11) is 0. The highest BCUT2D eigenvalue weighted by Crippen LogP contribution is 2.21. The van der Waals surface area contributed by atoms with Gasteiger partial charge in [0.15, 0.2) is 0 Å². The van der Waals surface area contributed by atoms with Gasteiger partial charge in [-0.1, -0.05) is 476 Å². The third-order valence-electron chi connectivity index (χ3n) is 18.0. The molecule has 0 saturated carbocycles. The lowest BCUT2D eigenvalue weighted by atomic mass is 10.0. The highest BCUT2D eigenvalue weighted by Gasteiger charge is 2.01. The van der Waals surface area contributed by atoms with Crippen molar-refractivity contribution in [1.82, 2.24) is 0 Å². The van der Waals surface area contributed by atoms with Crippen LogP contribution in [0.5, 0.6) is 0 Å². The summed E-state index contributed by atoms with van der Waals surface area (Å²) in [6, 6.07) is 0. The summed E-state index contributed by atoms with van der Waals surface area (Å²) >= 11 is 0. The Balaban J connectivity index is 3.07. The average molecular weight is 1040 g/mol. The molecule has 0 aromatic carbocycles. The van der Waals surface area contributed by atoms with E-state index in [1.54, 1.807) is 0 Å². The zero-order valence-electron chi connectivity index (χ0n) is 52.9. The van der Waals surface area contributed by atoms with Crippen LogP contribution in [0.1, 0.15) is 476 Å². The molecular weight excluding hydrogens is 889 g/mol. The van der Waals surface area contributed by atoms with Crippen LogP contribution >= 0.6 is 0 Å². The first-order chi connectivity index (χ1) is 36.9. The maximum Gasteiger partial charge on any atom is -0.0533 e. The highest BCUT2D eigenvalue weighted by atomic mass is 14.1. The fraction of sp³-hybridized carbons (Fsp3) is 1.00. The van der Waals surface area contributed by atoms with Gasteiger partial charge in [0.25, 0.3) is 0 Å². The van der Waals surface area contributed by atoms with Crippen LogP contribution in [0.3, 0.4) is 0 Å². The Kier molecular flexibility index (Phi) is 73.0. The third-order valence-corrected chi connectivity index (χ3v) is 18.0. The summed E-state index contributed by atoms with van der Waals surface area (Å²) in [5.41, 5.74) is 0. The standard InChI is InChI=1S/C74H150/c1-3-5-7-9-11-13-15-17-19-21-23-25-27-29-31-33-35-37-39-41-43-45-47-49-51-53-55-57-59-61-63-65-67-69-71-73-74-72-70-68-66-64-62-60-58-56-54-52-50-48-46-44-42-40-38-36-34-32-30-28-26-24-22-20-18-16-14-12-10-8-6-4-2/h3-74H2,1-2H3. The second kappa shape index (κ2) is 73.0. The molecule has 0 fully saturated rings. The molecule has 0 aromatic heterocycles. The molecule has 0 heteroatoms. The predicted octanol–water partition coefficient (Wildman–Crippen LogP) is 29.1. The molecule has 0 aliphatic carbocycles. The van der Waals surface area contributed by atoms with Crippen LogP contribution in [0.25, 0.3) is 0 Å². The maximum atomic E-state index is 2.32. The van der Waals surface area contributed by atoms with E-state index in [0.717, 1.165) is 0 Å². The quantitative estimate of drug-likeness (QED) is 0.0533. The van der Waals surface area contributed by atoms with Gasteiger partial charge < -0.3 is 0 Å². The zero-order chi connectivity index (χ0) is 52.9. The van der Waals surface area contributed by atoms with Gasteiger partial charge in [-0.15, -0.1) is 0 Å². The molecule has 74 heavy (non-hydrogen) atoms. The molecule has 0 radical (unpaired) electrons. The lowest BCUT2D eigenvalue weighted by Gasteiger charge is -2.05. The molecule has 0 nitrogen and oxygen atoms in total. The summed E-state index contributed by atoms with van der Waals surface area (Å²) in [5.74, 6) is 0. The summed E-state index contributed by atoms with van der Waals surface area (Å²) in [5, 5.41) is 0. The van der Waals surface area contributed by atoms with Crippen LogP contribution in [0, 0.1) is 0 Å². The first-order valence-electron chi connectivity index (χ1n) is 36.9. The Morgan fingerprint density at radius 2 is 0.108 bits per heavy atom. The van der Waals surface area contributed by atoms with Crippen molar-refractivity contribution in [3.05, 3.63) is 0 Å². The second-order valence-electron chi connectivity index (χ2n) is 25.7. The van der Waals surface area contributed by atoms with Gasteiger partial charge in [-0.05, 0) is 0 Å². The minimum absolute atomic E-state index is 1.37. The fourth-order valence-corrected chi connectivity index (χ4v) is 12.5. The Morgan fingerprint density at radius 1 is 0.0676 bits per heavy atom. The Labute approximate surface area is 473 Å². The van der Waals surface area contributed by atoms with Crippen molar-refractivity contribution in [1.29, 1.82) is 0 Å². The lowest BCUT2D eigenvalue weighted by Crippen LogP contribution is -1.85. The number of unbranched alkanes of at least 4 members (excludes halogenated alkanes) is 71. The van der Waals surface area contributed by atoms with Crippen LogP contribution in [0.2, 0.25) is 0 Å². The largest absolute Gasteiger partial charge is 0.0654 e. The fourth-order valence-electron chi connectivity index (χ4n) is 12.5. The van der Waals surface area contributed by atoms with E-state index in [9.17, 15) is 0 Å². The Bertz CT molecular complexity index is 816. The van der Waals surface area contributed by atoms with E-state index in [0.29, 0.717) is 0 Å². The van der Waals surface area contributed by atoms with Gasteiger partial charge in [-0.3, -0.25) is 0 Å². The van der Waals surface area contributed by atoms with Gasteiger partial charge in [0.2, 0.25) is 0 Å². The maximum absolute atomic E-state index is 2.32. The smallest absolute Gasteiger partial charge is 0.0533 e.